The predicted molar refractivity (Wildman–Crippen MR) is 77.4 cm³/mol. The third kappa shape index (κ3) is 2.67. The molecule has 2 N–H and O–H groups in total. The fraction of sp³-hybridized carbons (Fsp3) is 0.533. The number of methoxy groups -OCH3 is 1. The number of nitrogens with two attached hydrogens (primary N) is 1. The predicted octanol–water partition coefficient (Wildman–Crippen LogP) is 2.68. The molecule has 0 spiro atoms. The molecule has 2 atom stereocenters. The number of esters is 1. The summed E-state index contributed by atoms with van der Waals surface area (Å²) in [6.07, 6.45) is 2.34. The number of anilines is 2. The molecule has 4 heteroatoms. The molecule has 0 aromatic heterocycles. The van der Waals surface area contributed by atoms with Gasteiger partial charge < -0.3 is 15.4 Å². The monoisotopic (exact) mass is 262 g/mol. The largest absolute Gasteiger partial charge is 0.465 e. The van der Waals surface area contributed by atoms with E-state index in [1.807, 2.05) is 6.07 Å². The van der Waals surface area contributed by atoms with Crippen molar-refractivity contribution in [2.24, 2.45) is 5.92 Å². The Bertz CT molecular complexity index is 473. The van der Waals surface area contributed by atoms with Gasteiger partial charge in [-0.1, -0.05) is 13.0 Å². The number of carbonyl (C=O) groups is 1. The van der Waals surface area contributed by atoms with Crippen LogP contribution in [-0.2, 0) is 4.74 Å². The molecule has 4 nitrogen and oxygen atoms in total. The van der Waals surface area contributed by atoms with Crippen molar-refractivity contribution in [3.8, 4) is 0 Å². The lowest BCUT2D eigenvalue weighted by atomic mass is 9.93. The highest BCUT2D eigenvalue weighted by Crippen LogP contribution is 2.34. The van der Waals surface area contributed by atoms with Gasteiger partial charge in [0.25, 0.3) is 0 Å². The zero-order chi connectivity index (χ0) is 14.0. The molecular formula is C15H22N2O2. The standard InChI is InChI=1S/C15H22N2O2/c1-10-7-8-11(2)17(9-10)14-12(15(18)19-3)5-4-6-13(14)16/h4-6,10-11H,7-9,16H2,1-3H3. The van der Waals surface area contributed by atoms with Crippen molar-refractivity contribution in [2.45, 2.75) is 32.7 Å². The quantitative estimate of drug-likeness (QED) is 0.657. The van der Waals surface area contributed by atoms with Gasteiger partial charge in [-0.3, -0.25) is 0 Å². The van der Waals surface area contributed by atoms with E-state index < -0.39 is 0 Å². The summed E-state index contributed by atoms with van der Waals surface area (Å²) >= 11 is 0. The summed E-state index contributed by atoms with van der Waals surface area (Å²) in [5.41, 5.74) is 8.13. The van der Waals surface area contributed by atoms with Crippen molar-refractivity contribution in [3.63, 3.8) is 0 Å². The summed E-state index contributed by atoms with van der Waals surface area (Å²) in [7, 11) is 1.40. The maximum Gasteiger partial charge on any atom is 0.340 e. The number of para-hydroxylation sites is 1. The first kappa shape index (κ1) is 13.7. The Kier molecular flexibility index (Phi) is 3.98. The van der Waals surface area contributed by atoms with Crippen LogP contribution in [0.2, 0.25) is 0 Å². The fourth-order valence-electron chi connectivity index (χ4n) is 2.76. The van der Waals surface area contributed by atoms with Crippen molar-refractivity contribution in [2.75, 3.05) is 24.3 Å². The minimum atomic E-state index is -0.326. The molecular weight excluding hydrogens is 240 g/mol. The van der Waals surface area contributed by atoms with Crippen LogP contribution in [0.15, 0.2) is 18.2 Å². The molecule has 1 aliphatic rings. The Hall–Kier alpha value is -1.71. The number of ether oxygens (including phenoxy) is 1. The molecule has 19 heavy (non-hydrogen) atoms. The second-order valence-corrected chi connectivity index (χ2v) is 5.42. The van der Waals surface area contributed by atoms with E-state index in [9.17, 15) is 4.79 Å². The molecule has 1 aromatic carbocycles. The molecule has 1 aromatic rings. The zero-order valence-electron chi connectivity index (χ0n) is 11.8. The van der Waals surface area contributed by atoms with Gasteiger partial charge in [0.2, 0.25) is 0 Å². The summed E-state index contributed by atoms with van der Waals surface area (Å²) in [6.45, 7) is 5.34. The van der Waals surface area contributed by atoms with E-state index in [4.69, 9.17) is 10.5 Å². The molecule has 0 bridgehead atoms. The molecule has 2 unspecified atom stereocenters. The van der Waals surface area contributed by atoms with Gasteiger partial charge >= 0.3 is 5.97 Å². The smallest absolute Gasteiger partial charge is 0.340 e. The van der Waals surface area contributed by atoms with Crippen LogP contribution in [0.3, 0.4) is 0 Å². The molecule has 1 fully saturated rings. The molecule has 0 amide bonds. The van der Waals surface area contributed by atoms with Crippen molar-refractivity contribution >= 4 is 17.3 Å². The van der Waals surface area contributed by atoms with Crippen molar-refractivity contribution < 1.29 is 9.53 Å². The van der Waals surface area contributed by atoms with Gasteiger partial charge in [-0.2, -0.15) is 0 Å². The lowest BCUT2D eigenvalue weighted by Gasteiger charge is -2.39. The van der Waals surface area contributed by atoms with Crippen molar-refractivity contribution in [1.29, 1.82) is 0 Å². The van der Waals surface area contributed by atoms with Crippen LogP contribution in [0.1, 0.15) is 37.0 Å². The number of piperidine rings is 1. The van der Waals surface area contributed by atoms with Gasteiger partial charge in [0.15, 0.2) is 0 Å². The Morgan fingerprint density at radius 2 is 2.11 bits per heavy atom. The first-order valence-electron chi connectivity index (χ1n) is 6.78. The topological polar surface area (TPSA) is 55.6 Å². The van der Waals surface area contributed by atoms with Crippen LogP contribution in [0.25, 0.3) is 0 Å². The molecule has 0 radical (unpaired) electrons. The summed E-state index contributed by atoms with van der Waals surface area (Å²) in [5.74, 6) is 0.286. The van der Waals surface area contributed by atoms with E-state index in [-0.39, 0.29) is 5.97 Å². The van der Waals surface area contributed by atoms with Crippen LogP contribution in [-0.4, -0.2) is 25.7 Å². The van der Waals surface area contributed by atoms with Gasteiger partial charge in [-0.05, 0) is 37.8 Å². The van der Waals surface area contributed by atoms with Crippen molar-refractivity contribution in [3.05, 3.63) is 23.8 Å². The Morgan fingerprint density at radius 3 is 2.79 bits per heavy atom. The molecule has 0 aliphatic carbocycles. The lowest BCUT2D eigenvalue weighted by Crippen LogP contribution is -2.42. The minimum absolute atomic E-state index is 0.326. The number of nitrogens with zero attached hydrogens (tertiary/aromatic N) is 1. The third-order valence-electron chi connectivity index (χ3n) is 3.88. The summed E-state index contributed by atoms with van der Waals surface area (Å²) in [4.78, 5) is 14.2. The zero-order valence-corrected chi connectivity index (χ0v) is 11.8. The average molecular weight is 262 g/mol. The molecule has 104 valence electrons. The number of carbonyl (C=O) groups excluding carboxylic acids is 1. The maximum absolute atomic E-state index is 11.9. The SMILES string of the molecule is COC(=O)c1cccc(N)c1N1CC(C)CCC1C. The number of nitrogen functional groups attached to an aromatic ring is 1. The van der Waals surface area contributed by atoms with Gasteiger partial charge in [-0.25, -0.2) is 4.79 Å². The highest BCUT2D eigenvalue weighted by Gasteiger charge is 2.28. The van der Waals surface area contributed by atoms with E-state index in [1.165, 1.54) is 13.5 Å². The molecule has 0 saturated carbocycles. The van der Waals surface area contributed by atoms with Crippen LogP contribution in [0.5, 0.6) is 0 Å². The summed E-state index contributed by atoms with van der Waals surface area (Å²) < 4.78 is 4.86. The summed E-state index contributed by atoms with van der Waals surface area (Å²) in [6, 6.07) is 5.81. The van der Waals surface area contributed by atoms with Crippen LogP contribution < -0.4 is 10.6 Å². The number of hydrogen-bond acceptors (Lipinski definition) is 4. The molecule has 1 saturated heterocycles. The Balaban J connectivity index is 2.44. The minimum Gasteiger partial charge on any atom is -0.465 e. The molecule has 1 heterocycles. The van der Waals surface area contributed by atoms with Gasteiger partial charge in [-0.15, -0.1) is 0 Å². The first-order valence-corrected chi connectivity index (χ1v) is 6.78. The highest BCUT2D eigenvalue weighted by atomic mass is 16.5. The second-order valence-electron chi connectivity index (χ2n) is 5.42. The van der Waals surface area contributed by atoms with Gasteiger partial charge in [0.05, 0.1) is 24.0 Å². The van der Waals surface area contributed by atoms with E-state index in [0.29, 0.717) is 23.2 Å². The van der Waals surface area contributed by atoms with Gasteiger partial charge in [0, 0.05) is 12.6 Å². The average Bonchev–Trinajstić information content (AvgIpc) is 2.40. The van der Waals surface area contributed by atoms with E-state index in [1.54, 1.807) is 12.1 Å². The number of rotatable bonds is 2. The fourth-order valence-corrected chi connectivity index (χ4v) is 2.76. The summed E-state index contributed by atoms with van der Waals surface area (Å²) in [5, 5.41) is 0. The van der Waals surface area contributed by atoms with E-state index in [2.05, 4.69) is 18.7 Å². The van der Waals surface area contributed by atoms with Crippen LogP contribution >= 0.6 is 0 Å². The van der Waals surface area contributed by atoms with E-state index in [0.717, 1.165) is 18.7 Å². The van der Waals surface area contributed by atoms with Crippen LogP contribution in [0, 0.1) is 5.92 Å². The molecule has 2 rings (SSSR count). The third-order valence-corrected chi connectivity index (χ3v) is 3.88. The lowest BCUT2D eigenvalue weighted by molar-refractivity contribution is 0.0601. The van der Waals surface area contributed by atoms with Crippen LogP contribution in [0.4, 0.5) is 11.4 Å². The van der Waals surface area contributed by atoms with Gasteiger partial charge in [0.1, 0.15) is 0 Å². The second kappa shape index (κ2) is 5.51. The van der Waals surface area contributed by atoms with E-state index >= 15 is 0 Å². The molecule has 1 aliphatic heterocycles. The first-order chi connectivity index (χ1) is 9.04. The Labute approximate surface area is 114 Å². The Morgan fingerprint density at radius 1 is 1.37 bits per heavy atom. The number of hydrogen-bond donors (Lipinski definition) is 1. The number of benzene rings is 1. The maximum atomic E-state index is 11.9. The van der Waals surface area contributed by atoms with Crippen molar-refractivity contribution in [1.82, 2.24) is 0 Å². The highest BCUT2D eigenvalue weighted by molar-refractivity contribution is 5.99. The normalized spacial score (nSPS) is 23.2.